The van der Waals surface area contributed by atoms with E-state index in [0.717, 1.165) is 30.9 Å². The van der Waals surface area contributed by atoms with Crippen LogP contribution in [0.3, 0.4) is 0 Å². The van der Waals surface area contributed by atoms with Crippen LogP contribution in [0.1, 0.15) is 12.6 Å². The van der Waals surface area contributed by atoms with Gasteiger partial charge in [0, 0.05) is 57.6 Å². The summed E-state index contributed by atoms with van der Waals surface area (Å²) in [4.78, 5) is 16.8. The SMILES string of the molecule is COc1ccccc1N1CCN(C(=O)NCCc2cccn2C)C(C)C1. The molecule has 3 rings (SSSR count). The number of methoxy groups -OCH3 is 1. The average molecular weight is 356 g/mol. The summed E-state index contributed by atoms with van der Waals surface area (Å²) < 4.78 is 7.55. The fraction of sp³-hybridized carbons (Fsp3) is 0.450. The molecule has 6 heteroatoms. The Kier molecular flexibility index (Phi) is 5.71. The molecule has 0 aliphatic carbocycles. The van der Waals surface area contributed by atoms with Crippen molar-refractivity contribution in [3.05, 3.63) is 48.3 Å². The van der Waals surface area contributed by atoms with E-state index in [9.17, 15) is 4.79 Å². The van der Waals surface area contributed by atoms with Gasteiger partial charge in [0.2, 0.25) is 0 Å². The van der Waals surface area contributed by atoms with Crippen LogP contribution in [0.25, 0.3) is 0 Å². The van der Waals surface area contributed by atoms with Crippen molar-refractivity contribution < 1.29 is 9.53 Å². The molecule has 0 saturated carbocycles. The number of benzene rings is 1. The quantitative estimate of drug-likeness (QED) is 0.895. The smallest absolute Gasteiger partial charge is 0.317 e. The highest BCUT2D eigenvalue weighted by molar-refractivity contribution is 5.75. The molecule has 1 aliphatic heterocycles. The lowest BCUT2D eigenvalue weighted by Gasteiger charge is -2.41. The fourth-order valence-electron chi connectivity index (χ4n) is 3.52. The molecular weight excluding hydrogens is 328 g/mol. The van der Waals surface area contributed by atoms with Crippen molar-refractivity contribution in [3.63, 3.8) is 0 Å². The number of piperazine rings is 1. The maximum Gasteiger partial charge on any atom is 0.317 e. The minimum absolute atomic E-state index is 0.0198. The van der Waals surface area contributed by atoms with Gasteiger partial charge in [-0.3, -0.25) is 0 Å². The highest BCUT2D eigenvalue weighted by Gasteiger charge is 2.28. The zero-order valence-electron chi connectivity index (χ0n) is 15.8. The number of nitrogens with one attached hydrogen (secondary N) is 1. The summed E-state index contributed by atoms with van der Waals surface area (Å²) in [5.41, 5.74) is 2.31. The minimum atomic E-state index is 0.0198. The van der Waals surface area contributed by atoms with Crippen molar-refractivity contribution in [2.45, 2.75) is 19.4 Å². The van der Waals surface area contributed by atoms with E-state index in [-0.39, 0.29) is 12.1 Å². The lowest BCUT2D eigenvalue weighted by molar-refractivity contribution is 0.171. The van der Waals surface area contributed by atoms with Crippen LogP contribution >= 0.6 is 0 Å². The molecule has 6 nitrogen and oxygen atoms in total. The van der Waals surface area contributed by atoms with Gasteiger partial charge in [-0.05, 0) is 31.2 Å². The second kappa shape index (κ2) is 8.17. The second-order valence-corrected chi connectivity index (χ2v) is 6.75. The van der Waals surface area contributed by atoms with Crippen LogP contribution in [0.4, 0.5) is 10.5 Å². The standard InChI is InChI=1S/C20H28N4O2/c1-16-15-23(18-8-4-5-9-19(18)26-3)13-14-24(16)20(25)21-11-10-17-7-6-12-22(17)2/h4-9,12,16H,10-11,13-15H2,1-3H3,(H,21,25). The van der Waals surface area contributed by atoms with E-state index >= 15 is 0 Å². The monoisotopic (exact) mass is 356 g/mol. The topological polar surface area (TPSA) is 49.7 Å². The van der Waals surface area contributed by atoms with Gasteiger partial charge in [-0.1, -0.05) is 12.1 Å². The molecule has 0 radical (unpaired) electrons. The first-order valence-electron chi connectivity index (χ1n) is 9.13. The summed E-state index contributed by atoms with van der Waals surface area (Å²) in [5, 5.41) is 3.06. The molecule has 1 aliphatic rings. The summed E-state index contributed by atoms with van der Waals surface area (Å²) in [6, 6.07) is 12.3. The number of nitrogens with zero attached hydrogens (tertiary/aromatic N) is 3. The van der Waals surface area contributed by atoms with E-state index in [1.807, 2.05) is 42.4 Å². The van der Waals surface area contributed by atoms with Crippen LogP contribution in [0.5, 0.6) is 5.75 Å². The van der Waals surface area contributed by atoms with Gasteiger partial charge in [0.1, 0.15) is 5.75 Å². The maximum atomic E-state index is 12.6. The lowest BCUT2D eigenvalue weighted by Crippen LogP contribution is -2.56. The number of rotatable bonds is 5. The number of ether oxygens (including phenoxy) is 1. The minimum Gasteiger partial charge on any atom is -0.495 e. The van der Waals surface area contributed by atoms with Gasteiger partial charge in [-0.15, -0.1) is 0 Å². The second-order valence-electron chi connectivity index (χ2n) is 6.75. The van der Waals surface area contributed by atoms with Gasteiger partial charge < -0.3 is 24.4 Å². The number of anilines is 1. The summed E-state index contributed by atoms with van der Waals surface area (Å²) in [6.07, 6.45) is 2.86. The van der Waals surface area contributed by atoms with Gasteiger partial charge in [0.05, 0.1) is 12.8 Å². The van der Waals surface area contributed by atoms with Gasteiger partial charge >= 0.3 is 6.03 Å². The summed E-state index contributed by atoms with van der Waals surface area (Å²) in [6.45, 7) is 5.05. The van der Waals surface area contributed by atoms with Crippen molar-refractivity contribution in [3.8, 4) is 5.75 Å². The first kappa shape index (κ1) is 18.2. The number of carbonyl (C=O) groups excluding carboxylic acids is 1. The number of carbonyl (C=O) groups is 1. The van der Waals surface area contributed by atoms with Crippen LogP contribution in [-0.4, -0.2) is 54.8 Å². The van der Waals surface area contributed by atoms with Crippen molar-refractivity contribution in [1.29, 1.82) is 0 Å². The number of para-hydroxylation sites is 2. The Morgan fingerprint density at radius 2 is 2.04 bits per heavy atom. The predicted molar refractivity (Wildman–Crippen MR) is 104 cm³/mol. The number of amides is 2. The molecule has 2 amide bonds. The fourth-order valence-corrected chi connectivity index (χ4v) is 3.52. The number of hydrogen-bond donors (Lipinski definition) is 1. The van der Waals surface area contributed by atoms with Gasteiger partial charge in [0.15, 0.2) is 0 Å². The lowest BCUT2D eigenvalue weighted by atomic mass is 10.1. The number of urea groups is 1. The average Bonchev–Trinajstić information content (AvgIpc) is 3.06. The predicted octanol–water partition coefficient (Wildman–Crippen LogP) is 2.50. The highest BCUT2D eigenvalue weighted by Crippen LogP contribution is 2.29. The molecule has 1 N–H and O–H groups in total. The third-order valence-electron chi connectivity index (χ3n) is 5.02. The zero-order chi connectivity index (χ0) is 18.5. The molecule has 0 bridgehead atoms. The van der Waals surface area contributed by atoms with Crippen molar-refractivity contribution >= 4 is 11.7 Å². The van der Waals surface area contributed by atoms with Crippen molar-refractivity contribution in [2.24, 2.45) is 7.05 Å². The van der Waals surface area contributed by atoms with Crippen LogP contribution in [0.2, 0.25) is 0 Å². The van der Waals surface area contributed by atoms with Crippen molar-refractivity contribution in [1.82, 2.24) is 14.8 Å². The van der Waals surface area contributed by atoms with Crippen LogP contribution < -0.4 is 15.0 Å². The Morgan fingerprint density at radius 1 is 1.23 bits per heavy atom. The molecule has 1 aromatic carbocycles. The van der Waals surface area contributed by atoms with E-state index in [1.165, 1.54) is 5.69 Å². The molecule has 0 spiro atoms. The summed E-state index contributed by atoms with van der Waals surface area (Å²) >= 11 is 0. The number of aryl methyl sites for hydroxylation is 1. The van der Waals surface area contributed by atoms with Crippen LogP contribution in [0.15, 0.2) is 42.6 Å². The third-order valence-corrected chi connectivity index (χ3v) is 5.02. The Morgan fingerprint density at radius 3 is 2.73 bits per heavy atom. The van der Waals surface area contributed by atoms with Gasteiger partial charge in [-0.25, -0.2) is 4.79 Å². The zero-order valence-corrected chi connectivity index (χ0v) is 15.8. The van der Waals surface area contributed by atoms with E-state index in [2.05, 4.69) is 33.8 Å². The van der Waals surface area contributed by atoms with E-state index in [1.54, 1.807) is 7.11 Å². The molecule has 1 fully saturated rings. The molecule has 2 aromatic rings. The van der Waals surface area contributed by atoms with Crippen LogP contribution in [0, 0.1) is 0 Å². The highest BCUT2D eigenvalue weighted by atomic mass is 16.5. The summed E-state index contributed by atoms with van der Waals surface area (Å²) in [5.74, 6) is 0.875. The van der Waals surface area contributed by atoms with Gasteiger partial charge in [-0.2, -0.15) is 0 Å². The molecule has 1 unspecified atom stereocenters. The van der Waals surface area contributed by atoms with Crippen LogP contribution in [-0.2, 0) is 13.5 Å². The van der Waals surface area contributed by atoms with E-state index in [0.29, 0.717) is 13.1 Å². The normalized spacial score (nSPS) is 17.3. The molecule has 26 heavy (non-hydrogen) atoms. The Balaban J connectivity index is 1.53. The Labute approximate surface area is 155 Å². The third kappa shape index (κ3) is 3.95. The summed E-state index contributed by atoms with van der Waals surface area (Å²) in [7, 11) is 3.72. The molecular formula is C20H28N4O2. The van der Waals surface area contributed by atoms with E-state index in [4.69, 9.17) is 4.74 Å². The number of hydrogen-bond acceptors (Lipinski definition) is 3. The molecule has 2 heterocycles. The molecule has 140 valence electrons. The van der Waals surface area contributed by atoms with Crippen molar-refractivity contribution in [2.75, 3.05) is 38.2 Å². The maximum absolute atomic E-state index is 12.6. The first-order chi connectivity index (χ1) is 12.6. The van der Waals surface area contributed by atoms with Gasteiger partial charge in [0.25, 0.3) is 0 Å². The van der Waals surface area contributed by atoms with E-state index < -0.39 is 0 Å². The molecule has 1 saturated heterocycles. The largest absolute Gasteiger partial charge is 0.495 e. The molecule has 1 atom stereocenters. The Bertz CT molecular complexity index is 743. The molecule has 1 aromatic heterocycles. The first-order valence-corrected chi connectivity index (χ1v) is 9.13. The number of aromatic nitrogens is 1. The Hall–Kier alpha value is -2.63.